The van der Waals surface area contributed by atoms with Crippen LogP contribution in [0.3, 0.4) is 0 Å². The summed E-state index contributed by atoms with van der Waals surface area (Å²) >= 11 is 0. The molecule has 0 spiro atoms. The highest BCUT2D eigenvalue weighted by atomic mass is 16.5. The molecule has 1 fully saturated rings. The topological polar surface area (TPSA) is 66.6 Å². The normalized spacial score (nSPS) is 16.6. The first-order chi connectivity index (χ1) is 13.2. The van der Waals surface area contributed by atoms with Crippen LogP contribution in [-0.2, 0) is 13.0 Å². The van der Waals surface area contributed by atoms with Crippen LogP contribution >= 0.6 is 0 Å². The van der Waals surface area contributed by atoms with Gasteiger partial charge in [-0.3, -0.25) is 4.79 Å². The van der Waals surface area contributed by atoms with Gasteiger partial charge in [0.1, 0.15) is 5.56 Å². The van der Waals surface area contributed by atoms with E-state index in [1.165, 1.54) is 11.8 Å². The number of hydrogen-bond donors (Lipinski definition) is 1. The number of benzene rings is 2. The van der Waals surface area contributed by atoms with Crippen LogP contribution in [-0.4, -0.2) is 34.2 Å². The van der Waals surface area contributed by atoms with Gasteiger partial charge in [-0.15, -0.1) is 0 Å². The Morgan fingerprint density at radius 2 is 1.85 bits per heavy atom. The lowest BCUT2D eigenvalue weighted by atomic mass is 9.98. The molecule has 2 heterocycles. The largest absolute Gasteiger partial charge is 0.392 e. The van der Waals surface area contributed by atoms with Crippen molar-refractivity contribution in [2.24, 2.45) is 5.92 Å². The summed E-state index contributed by atoms with van der Waals surface area (Å²) in [6, 6.07) is 17.6. The van der Waals surface area contributed by atoms with E-state index in [1.54, 1.807) is 0 Å². The number of hydrogen-bond acceptors (Lipinski definition) is 4. The third-order valence-corrected chi connectivity index (χ3v) is 5.14. The number of aromatic nitrogens is 1. The van der Waals surface area contributed by atoms with Crippen molar-refractivity contribution in [2.45, 2.75) is 19.4 Å². The molecule has 5 nitrogen and oxygen atoms in total. The maximum absolute atomic E-state index is 13.0. The van der Waals surface area contributed by atoms with Gasteiger partial charge < -0.3 is 14.5 Å². The fourth-order valence-corrected chi connectivity index (χ4v) is 3.66. The molecule has 2 aromatic carbocycles. The van der Waals surface area contributed by atoms with Gasteiger partial charge in [0.05, 0.1) is 12.8 Å². The van der Waals surface area contributed by atoms with Crippen molar-refractivity contribution in [3.63, 3.8) is 0 Å². The van der Waals surface area contributed by atoms with E-state index < -0.39 is 0 Å². The number of aliphatic hydroxyl groups is 1. The molecule has 3 aromatic rings. The first kappa shape index (κ1) is 17.5. The molecular formula is C22H22N2O3. The van der Waals surface area contributed by atoms with Crippen LogP contribution in [0.2, 0.25) is 0 Å². The second-order valence-electron chi connectivity index (χ2n) is 7.02. The molecule has 0 aliphatic carbocycles. The second-order valence-corrected chi connectivity index (χ2v) is 7.02. The van der Waals surface area contributed by atoms with Crippen molar-refractivity contribution in [1.29, 1.82) is 0 Å². The predicted molar refractivity (Wildman–Crippen MR) is 102 cm³/mol. The summed E-state index contributed by atoms with van der Waals surface area (Å²) in [5, 5.41) is 13.0. The van der Waals surface area contributed by atoms with Gasteiger partial charge in [-0.05, 0) is 29.9 Å². The number of aliphatic hydroxyl groups excluding tert-OH is 1. The monoisotopic (exact) mass is 362 g/mol. The average molecular weight is 362 g/mol. The Morgan fingerprint density at radius 1 is 1.11 bits per heavy atom. The minimum absolute atomic E-state index is 0.0202. The number of carbonyl (C=O) groups excluding carboxylic acids is 1. The van der Waals surface area contributed by atoms with Gasteiger partial charge in [-0.25, -0.2) is 0 Å². The van der Waals surface area contributed by atoms with Gasteiger partial charge in [-0.2, -0.15) is 0 Å². The number of carbonyl (C=O) groups is 1. The standard InChI is InChI=1S/C22H22N2O3/c25-15-17-8-6-16(7-9-17)12-18-10-11-24(14-18)22(26)20-13-23-27-21(20)19-4-2-1-3-5-19/h1-9,13,18,25H,10-12,14-15H2/t18-/m1/s1. The van der Waals surface area contributed by atoms with Gasteiger partial charge in [0.2, 0.25) is 0 Å². The van der Waals surface area contributed by atoms with Crippen LogP contribution in [0.15, 0.2) is 65.3 Å². The Kier molecular flexibility index (Phi) is 5.03. The molecule has 1 aliphatic heterocycles. The zero-order valence-corrected chi connectivity index (χ0v) is 15.0. The minimum atomic E-state index is -0.0202. The zero-order chi connectivity index (χ0) is 18.6. The van der Waals surface area contributed by atoms with Crippen LogP contribution in [0.5, 0.6) is 0 Å². The first-order valence-electron chi connectivity index (χ1n) is 9.22. The minimum Gasteiger partial charge on any atom is -0.392 e. The lowest BCUT2D eigenvalue weighted by Gasteiger charge is -2.16. The highest BCUT2D eigenvalue weighted by Crippen LogP contribution is 2.27. The lowest BCUT2D eigenvalue weighted by Crippen LogP contribution is -2.29. The molecule has 1 amide bonds. The third-order valence-electron chi connectivity index (χ3n) is 5.14. The fourth-order valence-electron chi connectivity index (χ4n) is 3.66. The van der Waals surface area contributed by atoms with Gasteiger partial charge in [0.25, 0.3) is 5.91 Å². The molecule has 0 saturated carbocycles. The summed E-state index contributed by atoms with van der Waals surface area (Å²) in [7, 11) is 0. The summed E-state index contributed by atoms with van der Waals surface area (Å²) in [5.74, 6) is 0.950. The molecule has 1 saturated heterocycles. The van der Waals surface area contributed by atoms with Crippen LogP contribution in [0.1, 0.15) is 27.9 Å². The number of nitrogens with zero attached hydrogens (tertiary/aromatic N) is 2. The van der Waals surface area contributed by atoms with Crippen LogP contribution in [0.25, 0.3) is 11.3 Å². The molecule has 4 rings (SSSR count). The van der Waals surface area contributed by atoms with Crippen molar-refractivity contribution in [2.75, 3.05) is 13.1 Å². The van der Waals surface area contributed by atoms with E-state index in [2.05, 4.69) is 17.3 Å². The number of rotatable bonds is 5. The van der Waals surface area contributed by atoms with E-state index in [0.717, 1.165) is 37.1 Å². The fraction of sp³-hybridized carbons (Fsp3) is 0.273. The molecule has 0 unspecified atom stereocenters. The van der Waals surface area contributed by atoms with Crippen molar-refractivity contribution in [3.05, 3.63) is 77.5 Å². The Hall–Kier alpha value is -2.92. The van der Waals surface area contributed by atoms with Crippen molar-refractivity contribution in [3.8, 4) is 11.3 Å². The van der Waals surface area contributed by atoms with Gasteiger partial charge in [-0.1, -0.05) is 59.8 Å². The van der Waals surface area contributed by atoms with Gasteiger partial charge in [0, 0.05) is 18.7 Å². The molecule has 0 bridgehead atoms. The number of likely N-dealkylation sites (tertiary alicyclic amines) is 1. The second kappa shape index (κ2) is 7.76. The third kappa shape index (κ3) is 3.78. The molecule has 0 radical (unpaired) electrons. The lowest BCUT2D eigenvalue weighted by molar-refractivity contribution is 0.0787. The average Bonchev–Trinajstić information content (AvgIpc) is 3.38. The SMILES string of the molecule is O=C(c1cnoc1-c1ccccc1)N1CC[C@H](Cc2ccc(CO)cc2)C1. The molecule has 1 atom stereocenters. The van der Waals surface area contributed by atoms with E-state index >= 15 is 0 Å². The van der Waals surface area contributed by atoms with Crippen LogP contribution in [0.4, 0.5) is 0 Å². The van der Waals surface area contributed by atoms with E-state index in [-0.39, 0.29) is 12.5 Å². The summed E-state index contributed by atoms with van der Waals surface area (Å²) in [5.41, 5.74) is 3.54. The maximum Gasteiger partial charge on any atom is 0.259 e. The molecule has 138 valence electrons. The molecular weight excluding hydrogens is 340 g/mol. The summed E-state index contributed by atoms with van der Waals surface area (Å²) < 4.78 is 5.36. The predicted octanol–water partition coefficient (Wildman–Crippen LogP) is 3.54. The summed E-state index contributed by atoms with van der Waals surface area (Å²) in [4.78, 5) is 14.9. The van der Waals surface area contributed by atoms with Crippen molar-refractivity contribution >= 4 is 5.91 Å². The van der Waals surface area contributed by atoms with Gasteiger partial charge >= 0.3 is 0 Å². The number of amides is 1. The maximum atomic E-state index is 13.0. The Morgan fingerprint density at radius 3 is 2.59 bits per heavy atom. The molecule has 1 aromatic heterocycles. The molecule has 27 heavy (non-hydrogen) atoms. The smallest absolute Gasteiger partial charge is 0.259 e. The Bertz CT molecular complexity index is 903. The first-order valence-corrected chi connectivity index (χ1v) is 9.22. The quantitative estimate of drug-likeness (QED) is 0.754. The Labute approximate surface area is 158 Å². The zero-order valence-electron chi connectivity index (χ0n) is 15.0. The summed E-state index contributed by atoms with van der Waals surface area (Å²) in [6.07, 6.45) is 3.44. The van der Waals surface area contributed by atoms with E-state index in [4.69, 9.17) is 9.63 Å². The van der Waals surface area contributed by atoms with E-state index in [9.17, 15) is 4.79 Å². The highest BCUT2D eigenvalue weighted by Gasteiger charge is 2.30. The van der Waals surface area contributed by atoms with Crippen LogP contribution < -0.4 is 0 Å². The molecule has 5 heteroatoms. The highest BCUT2D eigenvalue weighted by molar-refractivity contribution is 5.99. The van der Waals surface area contributed by atoms with Crippen molar-refractivity contribution in [1.82, 2.24) is 10.1 Å². The van der Waals surface area contributed by atoms with E-state index in [1.807, 2.05) is 47.4 Å². The Balaban J connectivity index is 1.43. The van der Waals surface area contributed by atoms with Gasteiger partial charge in [0.15, 0.2) is 5.76 Å². The van der Waals surface area contributed by atoms with Crippen molar-refractivity contribution < 1.29 is 14.4 Å². The molecule has 1 N–H and O–H groups in total. The summed E-state index contributed by atoms with van der Waals surface area (Å²) in [6.45, 7) is 1.55. The van der Waals surface area contributed by atoms with E-state index in [0.29, 0.717) is 17.2 Å². The molecule has 1 aliphatic rings. The van der Waals surface area contributed by atoms with Crippen LogP contribution in [0, 0.1) is 5.92 Å².